The van der Waals surface area contributed by atoms with E-state index >= 15 is 4.39 Å². The van der Waals surface area contributed by atoms with Gasteiger partial charge in [-0.1, -0.05) is 17.9 Å². The Hall–Kier alpha value is -4.58. The van der Waals surface area contributed by atoms with Crippen LogP contribution in [0.5, 0.6) is 11.8 Å². The lowest BCUT2D eigenvalue weighted by atomic mass is 9.95. The van der Waals surface area contributed by atoms with Gasteiger partial charge in [-0.25, -0.2) is 18.2 Å². The van der Waals surface area contributed by atoms with E-state index in [-0.39, 0.29) is 63.9 Å². The number of alkyl halides is 1. The van der Waals surface area contributed by atoms with Crippen LogP contribution in [0.15, 0.2) is 24.3 Å². The van der Waals surface area contributed by atoms with E-state index in [1.165, 1.54) is 24.3 Å². The Bertz CT molecular complexity index is 2040. The number of rotatable bonds is 5. The number of phenolic OH excluding ortho intramolecular Hbond substituents is 1. The maximum atomic E-state index is 17.1. The monoisotopic (exact) mass is 638 g/mol. The highest BCUT2D eigenvalue weighted by Crippen LogP contribution is 2.42. The first kappa shape index (κ1) is 29.8. The SMILES string of the molecule is C#Cc1c(F)ccc2cc(O)cc(-c3nc(C#CC)c4c(N5CC6CCC(C5)N6)nc(OC[C@@]56CCCN5C[C@H](F)C6)nc4c3F)c12. The van der Waals surface area contributed by atoms with Crippen molar-refractivity contribution < 1.29 is 23.0 Å². The molecule has 6 heterocycles. The summed E-state index contributed by atoms with van der Waals surface area (Å²) in [7, 11) is 0. The molecule has 0 radical (unpaired) electrons. The molecule has 8 rings (SSSR count). The minimum absolute atomic E-state index is 0.0236. The Morgan fingerprint density at radius 3 is 2.68 bits per heavy atom. The predicted molar refractivity (Wildman–Crippen MR) is 173 cm³/mol. The first-order chi connectivity index (χ1) is 22.8. The summed E-state index contributed by atoms with van der Waals surface area (Å²) in [5.41, 5.74) is -0.445. The van der Waals surface area contributed by atoms with E-state index in [1.54, 1.807) is 6.92 Å². The molecule has 11 heteroatoms. The van der Waals surface area contributed by atoms with Gasteiger partial charge >= 0.3 is 6.01 Å². The molecule has 47 heavy (non-hydrogen) atoms. The van der Waals surface area contributed by atoms with E-state index in [9.17, 15) is 13.9 Å². The number of aromatic nitrogens is 3. The molecule has 240 valence electrons. The van der Waals surface area contributed by atoms with Gasteiger partial charge in [-0.3, -0.25) is 4.90 Å². The van der Waals surface area contributed by atoms with Crippen molar-refractivity contribution in [2.45, 2.75) is 62.8 Å². The number of halogens is 3. The minimum Gasteiger partial charge on any atom is -0.508 e. The fourth-order valence-corrected chi connectivity index (χ4v) is 8.19. The Balaban J connectivity index is 1.35. The molecule has 4 fully saturated rings. The highest BCUT2D eigenvalue weighted by Gasteiger charge is 2.49. The minimum atomic E-state index is -0.931. The number of terminal acetylenes is 1. The van der Waals surface area contributed by atoms with E-state index in [1.807, 2.05) is 0 Å². The molecule has 4 aliphatic rings. The first-order valence-electron chi connectivity index (χ1n) is 16.1. The Morgan fingerprint density at radius 2 is 1.91 bits per heavy atom. The van der Waals surface area contributed by atoms with Gasteiger partial charge in [0.25, 0.3) is 0 Å². The van der Waals surface area contributed by atoms with Crippen LogP contribution in [0.1, 0.15) is 50.3 Å². The number of fused-ring (bicyclic) bond motifs is 5. The van der Waals surface area contributed by atoms with E-state index in [4.69, 9.17) is 21.1 Å². The van der Waals surface area contributed by atoms with Crippen LogP contribution in [-0.4, -0.2) is 81.5 Å². The molecule has 2 aromatic heterocycles. The summed E-state index contributed by atoms with van der Waals surface area (Å²) in [6.45, 7) is 4.30. The van der Waals surface area contributed by atoms with Crippen LogP contribution in [-0.2, 0) is 0 Å². The lowest BCUT2D eigenvalue weighted by Crippen LogP contribution is -2.51. The fraction of sp³-hybridized carbons (Fsp3) is 0.417. The molecule has 8 nitrogen and oxygen atoms in total. The van der Waals surface area contributed by atoms with Gasteiger partial charge in [0.05, 0.1) is 16.5 Å². The standard InChI is InChI=1S/C36H33F3N6O2/c1-3-6-28-30-33(31(39)32(41-28)26-14-24(46)13-20-7-10-27(38)25(4-2)29(20)26)42-35(43-34(30)44-17-22-8-9-23(18-44)40-22)47-19-36-11-5-12-45(36)16-21(37)15-36/h2,7,10,13-14,21-23,40,46H,5,8-9,11-12,15-19H2,1H3/t21-,22?,23?,36+/m1/s1. The highest BCUT2D eigenvalue weighted by atomic mass is 19.1. The van der Waals surface area contributed by atoms with Crippen molar-refractivity contribution in [3.8, 4) is 47.2 Å². The van der Waals surface area contributed by atoms with Crippen molar-refractivity contribution in [2.24, 2.45) is 0 Å². The van der Waals surface area contributed by atoms with Crippen LogP contribution in [0.25, 0.3) is 32.9 Å². The van der Waals surface area contributed by atoms with Crippen LogP contribution >= 0.6 is 0 Å². The number of piperazine rings is 1. The highest BCUT2D eigenvalue weighted by molar-refractivity contribution is 6.04. The number of ether oxygens (including phenoxy) is 1. The smallest absolute Gasteiger partial charge is 0.319 e. The molecule has 0 saturated carbocycles. The largest absolute Gasteiger partial charge is 0.508 e. The molecule has 0 spiro atoms. The number of phenols is 1. The maximum absolute atomic E-state index is 17.1. The van der Waals surface area contributed by atoms with Crippen LogP contribution < -0.4 is 15.0 Å². The van der Waals surface area contributed by atoms with Gasteiger partial charge in [0.1, 0.15) is 47.1 Å². The molecular formula is C36H33F3N6O2. The Kier molecular flexibility index (Phi) is 7.16. The van der Waals surface area contributed by atoms with Gasteiger partial charge in [0.2, 0.25) is 0 Å². The zero-order valence-electron chi connectivity index (χ0n) is 25.9. The number of pyridine rings is 1. The number of hydrogen-bond acceptors (Lipinski definition) is 8. The van der Waals surface area contributed by atoms with E-state index in [2.05, 4.69) is 37.9 Å². The number of nitrogens with zero attached hydrogens (tertiary/aromatic N) is 5. The van der Waals surface area contributed by atoms with Crippen LogP contribution in [0.4, 0.5) is 19.0 Å². The normalized spacial score (nSPS) is 25.2. The van der Waals surface area contributed by atoms with E-state index < -0.39 is 23.3 Å². The average Bonchev–Trinajstić information content (AvgIpc) is 3.71. The lowest BCUT2D eigenvalue weighted by Gasteiger charge is -2.35. The molecule has 2 bridgehead atoms. The van der Waals surface area contributed by atoms with Crippen molar-refractivity contribution in [3.05, 3.63) is 47.2 Å². The van der Waals surface area contributed by atoms with Crippen molar-refractivity contribution in [1.29, 1.82) is 0 Å². The molecule has 0 amide bonds. The number of hydrogen-bond donors (Lipinski definition) is 2. The summed E-state index contributed by atoms with van der Waals surface area (Å²) in [6.07, 6.45) is 8.95. The second-order valence-electron chi connectivity index (χ2n) is 13.1. The van der Waals surface area contributed by atoms with Crippen molar-refractivity contribution in [1.82, 2.24) is 25.2 Å². The van der Waals surface area contributed by atoms with Gasteiger partial charge in [-0.15, -0.1) is 6.42 Å². The number of aromatic hydroxyl groups is 1. The van der Waals surface area contributed by atoms with E-state index in [0.717, 1.165) is 32.2 Å². The quantitative estimate of drug-likeness (QED) is 0.293. The average molecular weight is 639 g/mol. The van der Waals surface area contributed by atoms with Crippen LogP contribution in [0, 0.1) is 35.8 Å². The molecule has 2 aromatic carbocycles. The zero-order chi connectivity index (χ0) is 32.4. The van der Waals surface area contributed by atoms with Crippen molar-refractivity contribution in [3.63, 3.8) is 0 Å². The molecular weight excluding hydrogens is 605 g/mol. The van der Waals surface area contributed by atoms with Crippen LogP contribution in [0.3, 0.4) is 0 Å². The summed E-state index contributed by atoms with van der Waals surface area (Å²) in [5.74, 6) is 7.12. The lowest BCUT2D eigenvalue weighted by molar-refractivity contribution is 0.107. The summed E-state index contributed by atoms with van der Waals surface area (Å²) in [6, 6.07) is 5.92. The Labute approximate surface area is 270 Å². The van der Waals surface area contributed by atoms with Gasteiger partial charge in [-0.2, -0.15) is 9.97 Å². The third kappa shape index (κ3) is 4.92. The van der Waals surface area contributed by atoms with Gasteiger partial charge in [0.15, 0.2) is 5.82 Å². The zero-order valence-corrected chi connectivity index (χ0v) is 25.9. The predicted octanol–water partition coefficient (Wildman–Crippen LogP) is 5.08. The number of anilines is 1. The molecule has 0 aliphatic carbocycles. The molecule has 4 aliphatic heterocycles. The summed E-state index contributed by atoms with van der Waals surface area (Å²) in [5, 5.41) is 15.3. The third-order valence-electron chi connectivity index (χ3n) is 10.2. The molecule has 2 N–H and O–H groups in total. The third-order valence-corrected chi connectivity index (χ3v) is 10.2. The molecule has 2 unspecified atom stereocenters. The van der Waals surface area contributed by atoms with Crippen molar-refractivity contribution >= 4 is 27.5 Å². The molecule has 4 aromatic rings. The second kappa shape index (κ2) is 11.3. The van der Waals surface area contributed by atoms with Crippen LogP contribution in [0.2, 0.25) is 0 Å². The summed E-state index contributed by atoms with van der Waals surface area (Å²) < 4.78 is 52.9. The number of nitrogens with one attached hydrogen (secondary N) is 1. The molecule has 4 atom stereocenters. The Morgan fingerprint density at radius 1 is 1.11 bits per heavy atom. The van der Waals surface area contributed by atoms with E-state index in [0.29, 0.717) is 42.6 Å². The second-order valence-corrected chi connectivity index (χ2v) is 13.1. The topological polar surface area (TPSA) is 86.6 Å². The number of benzene rings is 2. The summed E-state index contributed by atoms with van der Waals surface area (Å²) in [4.78, 5) is 18.4. The van der Waals surface area contributed by atoms with Crippen molar-refractivity contribution in [2.75, 3.05) is 37.7 Å². The van der Waals surface area contributed by atoms with Gasteiger partial charge in [-0.05, 0) is 68.7 Å². The van der Waals surface area contributed by atoms with Gasteiger partial charge < -0.3 is 20.1 Å². The molecule has 4 saturated heterocycles. The summed E-state index contributed by atoms with van der Waals surface area (Å²) >= 11 is 0. The fourth-order valence-electron chi connectivity index (χ4n) is 8.19. The maximum Gasteiger partial charge on any atom is 0.319 e. The van der Waals surface area contributed by atoms with Gasteiger partial charge in [0, 0.05) is 49.1 Å². The first-order valence-corrected chi connectivity index (χ1v) is 16.1.